The Hall–Kier alpha value is -1.42. The van der Waals surface area contributed by atoms with Gasteiger partial charge in [0.15, 0.2) is 0 Å². The van der Waals surface area contributed by atoms with Crippen molar-refractivity contribution in [1.29, 1.82) is 0 Å². The lowest BCUT2D eigenvalue weighted by molar-refractivity contribution is -0.0144. The summed E-state index contributed by atoms with van der Waals surface area (Å²) in [7, 11) is 0. The van der Waals surface area contributed by atoms with Crippen molar-refractivity contribution in [2.75, 3.05) is 6.54 Å². The highest BCUT2D eigenvalue weighted by Crippen LogP contribution is 2.32. The van der Waals surface area contributed by atoms with E-state index >= 15 is 0 Å². The van der Waals surface area contributed by atoms with E-state index in [4.69, 9.17) is 5.73 Å². The van der Waals surface area contributed by atoms with Crippen molar-refractivity contribution < 1.29 is 8.78 Å². The van der Waals surface area contributed by atoms with E-state index in [0.717, 1.165) is 10.9 Å². The van der Waals surface area contributed by atoms with E-state index in [2.05, 4.69) is 4.98 Å². The van der Waals surface area contributed by atoms with Crippen LogP contribution in [0.4, 0.5) is 8.78 Å². The monoisotopic (exact) mass is 210 g/mol. The molecule has 2 rings (SSSR count). The van der Waals surface area contributed by atoms with Gasteiger partial charge in [-0.2, -0.15) is 8.78 Å². The number of aromatic amines is 1. The minimum atomic E-state index is -2.87. The van der Waals surface area contributed by atoms with E-state index in [1.807, 2.05) is 12.1 Å². The third kappa shape index (κ3) is 1.85. The maximum Gasteiger partial charge on any atom is 0.288 e. The fourth-order valence-electron chi connectivity index (χ4n) is 1.59. The molecule has 0 saturated carbocycles. The predicted octanol–water partition coefficient (Wildman–Crippen LogP) is 2.61. The van der Waals surface area contributed by atoms with Gasteiger partial charge in [-0.3, -0.25) is 0 Å². The van der Waals surface area contributed by atoms with Crippen LogP contribution < -0.4 is 5.73 Å². The Morgan fingerprint density at radius 2 is 2.00 bits per heavy atom. The summed E-state index contributed by atoms with van der Waals surface area (Å²) in [5.41, 5.74) is 5.82. The zero-order valence-corrected chi connectivity index (χ0v) is 8.13. The van der Waals surface area contributed by atoms with Crippen molar-refractivity contribution in [2.45, 2.75) is 12.3 Å². The molecular weight excluding hydrogens is 198 g/mol. The molecule has 80 valence electrons. The number of nitrogens with two attached hydrogens (primary N) is 1. The zero-order chi connectivity index (χ0) is 10.9. The second-order valence-electron chi connectivity index (χ2n) is 3.51. The van der Waals surface area contributed by atoms with Gasteiger partial charge in [-0.1, -0.05) is 18.2 Å². The van der Waals surface area contributed by atoms with Gasteiger partial charge in [0.25, 0.3) is 5.92 Å². The quantitative estimate of drug-likeness (QED) is 0.803. The average molecular weight is 210 g/mol. The molecule has 3 N–H and O–H groups in total. The second kappa shape index (κ2) is 3.62. The zero-order valence-electron chi connectivity index (χ0n) is 8.13. The Bertz CT molecular complexity index is 429. The van der Waals surface area contributed by atoms with E-state index < -0.39 is 5.92 Å². The molecule has 0 bridgehead atoms. The maximum atomic E-state index is 13.5. The number of para-hydroxylation sites is 1. The summed E-state index contributed by atoms with van der Waals surface area (Å²) in [4.78, 5) is 2.72. The fraction of sp³-hybridized carbons (Fsp3) is 0.273. The molecule has 0 radical (unpaired) electrons. The summed E-state index contributed by atoms with van der Waals surface area (Å²) >= 11 is 0. The summed E-state index contributed by atoms with van der Waals surface area (Å²) in [6.45, 7) is -0.0254. The van der Waals surface area contributed by atoms with Gasteiger partial charge in [0.05, 0.1) is 5.69 Å². The lowest BCUT2D eigenvalue weighted by atomic mass is 10.1. The van der Waals surface area contributed by atoms with E-state index in [1.165, 1.54) is 6.07 Å². The second-order valence-corrected chi connectivity index (χ2v) is 3.51. The number of fused-ring (bicyclic) bond motifs is 1. The number of nitrogens with one attached hydrogen (secondary N) is 1. The van der Waals surface area contributed by atoms with Crippen LogP contribution in [0.25, 0.3) is 10.9 Å². The first kappa shape index (κ1) is 10.1. The molecule has 1 aromatic carbocycles. The SMILES string of the molecule is NCCC(F)(F)c1cc2ccccc2[nH]1. The van der Waals surface area contributed by atoms with Gasteiger partial charge in [-0.05, 0) is 24.1 Å². The molecule has 0 aliphatic rings. The van der Waals surface area contributed by atoms with E-state index in [1.54, 1.807) is 12.1 Å². The van der Waals surface area contributed by atoms with Crippen molar-refractivity contribution in [2.24, 2.45) is 5.73 Å². The Labute approximate surface area is 86.1 Å². The summed E-state index contributed by atoms with van der Waals surface area (Å²) < 4.78 is 27.0. The number of benzene rings is 1. The molecule has 0 aliphatic carbocycles. The molecule has 0 amide bonds. The molecule has 1 aromatic heterocycles. The van der Waals surface area contributed by atoms with Crippen LogP contribution in [0.15, 0.2) is 30.3 Å². The van der Waals surface area contributed by atoms with Gasteiger partial charge >= 0.3 is 0 Å². The molecule has 1 heterocycles. The number of hydrogen-bond donors (Lipinski definition) is 2. The lowest BCUT2D eigenvalue weighted by Crippen LogP contribution is -2.18. The van der Waals surface area contributed by atoms with Crippen molar-refractivity contribution in [3.05, 3.63) is 36.0 Å². The topological polar surface area (TPSA) is 41.8 Å². The number of H-pyrrole nitrogens is 1. The van der Waals surface area contributed by atoms with Gasteiger partial charge in [0.1, 0.15) is 0 Å². The first-order valence-corrected chi connectivity index (χ1v) is 4.79. The van der Waals surface area contributed by atoms with Crippen molar-refractivity contribution in [3.8, 4) is 0 Å². The molecule has 2 nitrogen and oxygen atoms in total. The summed E-state index contributed by atoms with van der Waals surface area (Å²) in [6.07, 6.45) is -0.334. The van der Waals surface area contributed by atoms with Crippen LogP contribution in [0.3, 0.4) is 0 Å². The van der Waals surface area contributed by atoms with Crippen molar-refractivity contribution in [3.63, 3.8) is 0 Å². The predicted molar refractivity (Wildman–Crippen MR) is 55.9 cm³/mol. The van der Waals surface area contributed by atoms with Crippen LogP contribution in [0, 0.1) is 0 Å². The minimum Gasteiger partial charge on any atom is -0.353 e. The summed E-state index contributed by atoms with van der Waals surface area (Å²) in [5, 5.41) is 0.796. The van der Waals surface area contributed by atoms with Crippen LogP contribution in [-0.4, -0.2) is 11.5 Å². The number of rotatable bonds is 3. The average Bonchev–Trinajstić information content (AvgIpc) is 2.61. The first-order chi connectivity index (χ1) is 7.13. The smallest absolute Gasteiger partial charge is 0.288 e. The number of aromatic nitrogens is 1. The Morgan fingerprint density at radius 3 is 2.67 bits per heavy atom. The fourth-order valence-corrected chi connectivity index (χ4v) is 1.59. The van der Waals surface area contributed by atoms with Crippen molar-refractivity contribution in [1.82, 2.24) is 4.98 Å². The largest absolute Gasteiger partial charge is 0.353 e. The molecule has 0 fully saturated rings. The molecule has 4 heteroatoms. The van der Waals surface area contributed by atoms with Gasteiger partial charge < -0.3 is 10.7 Å². The van der Waals surface area contributed by atoms with Crippen molar-refractivity contribution >= 4 is 10.9 Å². The summed E-state index contributed by atoms with van der Waals surface area (Å²) in [5.74, 6) is -2.87. The van der Waals surface area contributed by atoms with Crippen LogP contribution >= 0.6 is 0 Å². The van der Waals surface area contributed by atoms with Crippen LogP contribution in [-0.2, 0) is 5.92 Å². The third-order valence-corrected chi connectivity index (χ3v) is 2.38. The third-order valence-electron chi connectivity index (χ3n) is 2.38. The highest BCUT2D eigenvalue weighted by molar-refractivity contribution is 5.80. The highest BCUT2D eigenvalue weighted by Gasteiger charge is 2.32. The molecule has 2 aromatic rings. The number of hydrogen-bond acceptors (Lipinski definition) is 1. The van der Waals surface area contributed by atoms with Crippen LogP contribution in [0.2, 0.25) is 0 Å². The Balaban J connectivity index is 2.44. The lowest BCUT2D eigenvalue weighted by Gasteiger charge is -2.12. The van der Waals surface area contributed by atoms with Gasteiger partial charge in [0, 0.05) is 11.9 Å². The van der Waals surface area contributed by atoms with E-state index in [-0.39, 0.29) is 18.7 Å². The number of halogens is 2. The minimum absolute atomic E-state index is 0.0254. The molecule has 0 aliphatic heterocycles. The maximum absolute atomic E-state index is 13.5. The molecule has 0 atom stereocenters. The molecule has 0 unspecified atom stereocenters. The van der Waals surface area contributed by atoms with Gasteiger partial charge in [0.2, 0.25) is 0 Å². The van der Waals surface area contributed by atoms with Gasteiger partial charge in [-0.15, -0.1) is 0 Å². The van der Waals surface area contributed by atoms with Crippen LogP contribution in [0.1, 0.15) is 12.1 Å². The molecule has 0 saturated heterocycles. The molecule has 15 heavy (non-hydrogen) atoms. The Morgan fingerprint density at radius 1 is 1.27 bits per heavy atom. The van der Waals surface area contributed by atoms with E-state index in [0.29, 0.717) is 0 Å². The first-order valence-electron chi connectivity index (χ1n) is 4.79. The normalized spacial score (nSPS) is 12.2. The molecule has 0 spiro atoms. The highest BCUT2D eigenvalue weighted by atomic mass is 19.3. The molecular formula is C11H12F2N2. The van der Waals surface area contributed by atoms with Gasteiger partial charge in [-0.25, -0.2) is 0 Å². The standard InChI is InChI=1S/C11H12F2N2/c12-11(13,5-6-14)10-7-8-3-1-2-4-9(8)15-10/h1-4,7,15H,5-6,14H2. The summed E-state index contributed by atoms with van der Waals surface area (Å²) in [6, 6.07) is 8.68. The van der Waals surface area contributed by atoms with Crippen LogP contribution in [0.5, 0.6) is 0 Å². The number of alkyl halides is 2. The van der Waals surface area contributed by atoms with E-state index in [9.17, 15) is 8.78 Å². The Kier molecular flexibility index (Phi) is 2.44.